The third-order valence-electron chi connectivity index (χ3n) is 4.12. The molecule has 0 amide bonds. The molecule has 2 rings (SSSR count). The predicted octanol–water partition coefficient (Wildman–Crippen LogP) is 1.39. The fourth-order valence-electron chi connectivity index (χ4n) is 2.97. The van der Waals surface area contributed by atoms with E-state index >= 15 is 0 Å². The first-order chi connectivity index (χ1) is 9.14. The smallest absolute Gasteiger partial charge is 0.325 e. The van der Waals surface area contributed by atoms with E-state index in [1.54, 1.807) is 0 Å². The van der Waals surface area contributed by atoms with Crippen LogP contribution in [0.3, 0.4) is 0 Å². The summed E-state index contributed by atoms with van der Waals surface area (Å²) in [6, 6.07) is 0. The third kappa shape index (κ3) is 3.91. The van der Waals surface area contributed by atoms with Gasteiger partial charge in [-0.15, -0.1) is 0 Å². The zero-order chi connectivity index (χ0) is 13.7. The molecular formula is C14H25NO4. The summed E-state index contributed by atoms with van der Waals surface area (Å²) in [4.78, 5) is 11.7. The van der Waals surface area contributed by atoms with Gasteiger partial charge in [-0.3, -0.25) is 4.79 Å². The summed E-state index contributed by atoms with van der Waals surface area (Å²) in [6.07, 6.45) is 6.77. The van der Waals surface area contributed by atoms with Crippen LogP contribution in [0.4, 0.5) is 0 Å². The summed E-state index contributed by atoms with van der Waals surface area (Å²) in [6.45, 7) is 1.45. The maximum Gasteiger partial charge on any atom is 0.325 e. The zero-order valence-electron chi connectivity index (χ0n) is 11.7. The molecule has 0 spiro atoms. The van der Waals surface area contributed by atoms with Crippen molar-refractivity contribution in [2.24, 2.45) is 5.73 Å². The lowest BCUT2D eigenvalue weighted by atomic mass is 9.81. The molecule has 0 bridgehead atoms. The van der Waals surface area contributed by atoms with Crippen LogP contribution in [-0.2, 0) is 19.0 Å². The molecule has 1 aliphatic heterocycles. The Hall–Kier alpha value is -0.650. The second-order valence-corrected chi connectivity index (χ2v) is 5.69. The number of esters is 1. The molecule has 110 valence electrons. The molecule has 1 heterocycles. The molecule has 0 aromatic heterocycles. The Morgan fingerprint density at radius 1 is 1.37 bits per heavy atom. The maximum atomic E-state index is 11.7. The molecule has 0 radical (unpaired) electrons. The van der Waals surface area contributed by atoms with Crippen molar-refractivity contribution in [2.45, 2.75) is 62.7 Å². The van der Waals surface area contributed by atoms with Crippen molar-refractivity contribution in [1.29, 1.82) is 0 Å². The van der Waals surface area contributed by atoms with E-state index in [0.717, 1.165) is 32.3 Å². The van der Waals surface area contributed by atoms with E-state index < -0.39 is 5.54 Å². The van der Waals surface area contributed by atoms with Crippen molar-refractivity contribution in [2.75, 3.05) is 20.3 Å². The largest absolute Gasteiger partial charge is 0.468 e. The second kappa shape index (κ2) is 6.68. The molecule has 1 saturated heterocycles. The molecule has 19 heavy (non-hydrogen) atoms. The van der Waals surface area contributed by atoms with Crippen LogP contribution in [0.25, 0.3) is 0 Å². The number of methoxy groups -OCH3 is 1. The topological polar surface area (TPSA) is 70.8 Å². The Morgan fingerprint density at radius 2 is 2.21 bits per heavy atom. The number of hydrogen-bond donors (Lipinski definition) is 1. The molecule has 0 aromatic carbocycles. The molecule has 0 aromatic rings. The highest BCUT2D eigenvalue weighted by molar-refractivity contribution is 5.80. The monoisotopic (exact) mass is 271 g/mol. The minimum absolute atomic E-state index is 0.0448. The van der Waals surface area contributed by atoms with E-state index in [-0.39, 0.29) is 18.2 Å². The Bertz CT molecular complexity index is 304. The molecule has 3 unspecified atom stereocenters. The third-order valence-corrected chi connectivity index (χ3v) is 4.12. The molecular weight excluding hydrogens is 246 g/mol. The molecule has 5 nitrogen and oxygen atoms in total. The minimum atomic E-state index is -0.870. The second-order valence-electron chi connectivity index (χ2n) is 5.69. The molecule has 1 saturated carbocycles. The molecule has 3 atom stereocenters. The molecule has 2 fully saturated rings. The van der Waals surface area contributed by atoms with Crippen molar-refractivity contribution >= 4 is 5.97 Å². The van der Waals surface area contributed by atoms with Gasteiger partial charge >= 0.3 is 5.97 Å². The average molecular weight is 271 g/mol. The highest BCUT2D eigenvalue weighted by Crippen LogP contribution is 2.29. The summed E-state index contributed by atoms with van der Waals surface area (Å²) in [5.74, 6) is -0.324. The van der Waals surface area contributed by atoms with Crippen LogP contribution in [0.2, 0.25) is 0 Å². The van der Waals surface area contributed by atoms with Gasteiger partial charge in [0.1, 0.15) is 5.54 Å². The summed E-state index contributed by atoms with van der Waals surface area (Å²) in [7, 11) is 1.39. The SMILES string of the molecule is COC(=O)C1(N)CCCC(OCC2CCCCO2)C1. The fourth-order valence-corrected chi connectivity index (χ4v) is 2.97. The van der Waals surface area contributed by atoms with Gasteiger partial charge in [-0.25, -0.2) is 0 Å². The minimum Gasteiger partial charge on any atom is -0.468 e. The summed E-state index contributed by atoms with van der Waals surface area (Å²) in [5, 5.41) is 0. The van der Waals surface area contributed by atoms with Gasteiger partial charge in [-0.05, 0) is 38.5 Å². The van der Waals surface area contributed by atoms with Crippen LogP contribution in [0.5, 0.6) is 0 Å². The number of carbonyl (C=O) groups excluding carboxylic acids is 1. The van der Waals surface area contributed by atoms with Gasteiger partial charge in [0.25, 0.3) is 0 Å². The highest BCUT2D eigenvalue weighted by atomic mass is 16.5. The van der Waals surface area contributed by atoms with Crippen LogP contribution < -0.4 is 5.73 Å². The molecule has 2 aliphatic rings. The molecule has 1 aliphatic carbocycles. The number of rotatable bonds is 4. The van der Waals surface area contributed by atoms with E-state index in [1.165, 1.54) is 13.5 Å². The van der Waals surface area contributed by atoms with Gasteiger partial charge in [-0.2, -0.15) is 0 Å². The van der Waals surface area contributed by atoms with Crippen LogP contribution in [-0.4, -0.2) is 44.0 Å². The molecule has 2 N–H and O–H groups in total. The maximum absolute atomic E-state index is 11.7. The number of hydrogen-bond acceptors (Lipinski definition) is 5. The Balaban J connectivity index is 1.78. The number of nitrogens with two attached hydrogens (primary N) is 1. The van der Waals surface area contributed by atoms with Gasteiger partial charge in [0.15, 0.2) is 0 Å². The highest BCUT2D eigenvalue weighted by Gasteiger charge is 2.40. The van der Waals surface area contributed by atoms with Gasteiger partial charge in [0.2, 0.25) is 0 Å². The van der Waals surface area contributed by atoms with Crippen LogP contribution >= 0.6 is 0 Å². The fraction of sp³-hybridized carbons (Fsp3) is 0.929. The average Bonchev–Trinajstić information content (AvgIpc) is 2.45. The molecule has 5 heteroatoms. The van der Waals surface area contributed by atoms with Gasteiger partial charge < -0.3 is 19.9 Å². The van der Waals surface area contributed by atoms with E-state index in [4.69, 9.17) is 19.9 Å². The van der Waals surface area contributed by atoms with Crippen LogP contribution in [0.15, 0.2) is 0 Å². The number of ether oxygens (including phenoxy) is 3. The van der Waals surface area contributed by atoms with Crippen molar-refractivity contribution in [1.82, 2.24) is 0 Å². The Labute approximate surface area is 114 Å². The van der Waals surface area contributed by atoms with Crippen molar-refractivity contribution in [3.05, 3.63) is 0 Å². The van der Waals surface area contributed by atoms with Crippen LogP contribution in [0, 0.1) is 0 Å². The number of carbonyl (C=O) groups is 1. The first kappa shape index (κ1) is 14.8. The van der Waals surface area contributed by atoms with Gasteiger partial charge in [0, 0.05) is 13.0 Å². The zero-order valence-corrected chi connectivity index (χ0v) is 11.7. The van der Waals surface area contributed by atoms with Crippen LogP contribution in [0.1, 0.15) is 44.9 Å². The van der Waals surface area contributed by atoms with E-state index in [0.29, 0.717) is 19.4 Å². The Morgan fingerprint density at radius 3 is 2.89 bits per heavy atom. The lowest BCUT2D eigenvalue weighted by Crippen LogP contribution is -2.53. The summed E-state index contributed by atoms with van der Waals surface area (Å²) < 4.78 is 16.3. The summed E-state index contributed by atoms with van der Waals surface area (Å²) in [5.41, 5.74) is 5.26. The van der Waals surface area contributed by atoms with Crippen molar-refractivity contribution < 1.29 is 19.0 Å². The first-order valence-corrected chi connectivity index (χ1v) is 7.24. The predicted molar refractivity (Wildman–Crippen MR) is 70.7 cm³/mol. The standard InChI is InChI=1S/C14H25NO4/c1-17-13(16)14(15)7-4-6-11(9-14)19-10-12-5-2-3-8-18-12/h11-12H,2-10,15H2,1H3. The van der Waals surface area contributed by atoms with E-state index in [1.807, 2.05) is 0 Å². The summed E-state index contributed by atoms with van der Waals surface area (Å²) >= 11 is 0. The lowest BCUT2D eigenvalue weighted by Gasteiger charge is -2.36. The van der Waals surface area contributed by atoms with E-state index in [9.17, 15) is 4.79 Å². The normalized spacial score (nSPS) is 35.9. The lowest BCUT2D eigenvalue weighted by molar-refractivity contribution is -0.151. The first-order valence-electron chi connectivity index (χ1n) is 7.24. The quantitative estimate of drug-likeness (QED) is 0.782. The Kier molecular flexibility index (Phi) is 5.19. The van der Waals surface area contributed by atoms with Crippen molar-refractivity contribution in [3.63, 3.8) is 0 Å². The van der Waals surface area contributed by atoms with Gasteiger partial charge in [-0.1, -0.05) is 0 Å². The van der Waals surface area contributed by atoms with Crippen molar-refractivity contribution in [3.8, 4) is 0 Å². The van der Waals surface area contributed by atoms with E-state index in [2.05, 4.69) is 0 Å². The van der Waals surface area contributed by atoms with Gasteiger partial charge in [0.05, 0.1) is 25.9 Å².